The molecule has 0 atom stereocenters. The van der Waals surface area contributed by atoms with Gasteiger partial charge in [-0.25, -0.2) is 13.0 Å². The van der Waals surface area contributed by atoms with Crippen molar-refractivity contribution in [1.82, 2.24) is 0 Å². The van der Waals surface area contributed by atoms with E-state index in [1.165, 1.54) is 0 Å². The molecule has 182 valence electrons. The van der Waals surface area contributed by atoms with Crippen molar-refractivity contribution in [1.29, 1.82) is 10.5 Å². The molecular weight excluding hydrogens is 495 g/mol. The van der Waals surface area contributed by atoms with Crippen molar-refractivity contribution in [3.05, 3.63) is 95.4 Å². The molecule has 0 bridgehead atoms. The number of rotatable bonds is 2. The van der Waals surface area contributed by atoms with E-state index in [2.05, 4.69) is 22.8 Å². The summed E-state index contributed by atoms with van der Waals surface area (Å²) in [5, 5.41) is 19.8. The van der Waals surface area contributed by atoms with Crippen molar-refractivity contribution in [2.45, 2.75) is 5.51 Å². The van der Waals surface area contributed by atoms with Crippen molar-refractivity contribution < 1.29 is 35.4 Å². The highest BCUT2D eigenvalue weighted by molar-refractivity contribution is 7.86. The highest BCUT2D eigenvalue weighted by atomic mass is 32.2. The Bertz CT molecular complexity index is 1590. The van der Waals surface area contributed by atoms with Crippen LogP contribution in [-0.2, 0) is 17.2 Å². The van der Waals surface area contributed by atoms with E-state index in [4.69, 9.17) is 17.7 Å². The van der Waals surface area contributed by atoms with Crippen molar-refractivity contribution in [2.24, 2.45) is 7.05 Å². The fraction of sp³-hybridized carbons (Fsp3) is 0.0800. The molecule has 0 saturated carbocycles. The molecule has 0 saturated heterocycles. The molecule has 0 aliphatic carbocycles. The third-order valence-corrected chi connectivity index (χ3v) is 5.46. The van der Waals surface area contributed by atoms with E-state index in [-0.39, 0.29) is 5.57 Å². The zero-order valence-electron chi connectivity index (χ0n) is 18.5. The van der Waals surface area contributed by atoms with Gasteiger partial charge in [-0.05, 0) is 36.4 Å². The average molecular weight is 511 g/mol. The smallest absolute Gasteiger partial charge is 0.485 e. The number of allylic oxidation sites excluding steroid dienone is 4. The second-order valence-electron chi connectivity index (χ2n) is 7.33. The predicted octanol–water partition coefficient (Wildman–Crippen LogP) is 4.51. The molecule has 1 aliphatic rings. The van der Waals surface area contributed by atoms with Crippen LogP contribution >= 0.6 is 0 Å². The van der Waals surface area contributed by atoms with Crippen molar-refractivity contribution in [2.75, 3.05) is 0 Å². The van der Waals surface area contributed by atoms with Gasteiger partial charge < -0.3 is 9.29 Å². The normalized spacial score (nSPS) is 13.0. The van der Waals surface area contributed by atoms with Crippen molar-refractivity contribution in [3.63, 3.8) is 0 Å². The minimum atomic E-state index is -6.09. The number of aromatic nitrogens is 1. The molecule has 3 aromatic rings. The number of hydrogen-bond acceptors (Lipinski definition) is 6. The van der Waals surface area contributed by atoms with Crippen LogP contribution in [0.4, 0.5) is 13.2 Å². The summed E-state index contributed by atoms with van der Waals surface area (Å²) in [6, 6.07) is 21.7. The van der Waals surface area contributed by atoms with Gasteiger partial charge in [0.2, 0.25) is 5.52 Å². The third-order valence-electron chi connectivity index (χ3n) is 4.89. The lowest BCUT2D eigenvalue weighted by molar-refractivity contribution is -0.645. The van der Waals surface area contributed by atoms with Gasteiger partial charge in [0, 0.05) is 28.2 Å². The minimum absolute atomic E-state index is 0.0683. The fourth-order valence-electron chi connectivity index (χ4n) is 3.30. The van der Waals surface area contributed by atoms with Gasteiger partial charge in [0.15, 0.2) is 16.3 Å². The van der Waals surface area contributed by atoms with Gasteiger partial charge in [0.25, 0.3) is 0 Å². The molecule has 4 rings (SSSR count). The molecule has 0 N–H and O–H groups in total. The van der Waals surface area contributed by atoms with Crippen LogP contribution < -0.4 is 9.30 Å². The first-order valence-corrected chi connectivity index (χ1v) is 11.5. The quantitative estimate of drug-likeness (QED) is 0.216. The summed E-state index contributed by atoms with van der Waals surface area (Å²) < 4.78 is 66.9. The van der Waals surface area contributed by atoms with E-state index in [0.717, 1.165) is 22.0 Å². The fourth-order valence-corrected chi connectivity index (χ4v) is 3.30. The minimum Gasteiger partial charge on any atom is -0.741 e. The number of aryl methyl sites for hydroxylation is 1. The molecule has 0 unspecified atom stereocenters. The van der Waals surface area contributed by atoms with Gasteiger partial charge in [-0.2, -0.15) is 23.7 Å². The van der Waals surface area contributed by atoms with E-state index < -0.39 is 15.6 Å². The highest BCUT2D eigenvalue weighted by Gasteiger charge is 2.36. The molecule has 2 aromatic carbocycles. The van der Waals surface area contributed by atoms with Crippen LogP contribution in [0.1, 0.15) is 11.1 Å². The Morgan fingerprint density at radius 2 is 1.67 bits per heavy atom. The summed E-state index contributed by atoms with van der Waals surface area (Å²) in [6.07, 6.45) is 7.60. The number of halogens is 3. The van der Waals surface area contributed by atoms with E-state index in [1.54, 1.807) is 6.08 Å². The number of nitrogens with zero attached hydrogens (tertiary/aromatic N) is 3. The highest BCUT2D eigenvalue weighted by Crippen LogP contribution is 2.35. The number of benzene rings is 2. The maximum Gasteiger partial charge on any atom is 0.485 e. The zero-order valence-corrected chi connectivity index (χ0v) is 19.3. The van der Waals surface area contributed by atoms with Crippen LogP contribution in [-0.4, -0.2) is 18.5 Å². The van der Waals surface area contributed by atoms with Crippen LogP contribution in [0.5, 0.6) is 5.75 Å². The molecule has 11 heteroatoms. The SMILES string of the molecule is C[n+]1cc(/C=C/C2=CC(=C(C#N)C#N)c3ccccc3O2)cc2ccccc21.O=S(=O)([O-])C(F)(F)F. The Labute approximate surface area is 204 Å². The molecule has 1 aliphatic heterocycles. The van der Waals surface area contributed by atoms with Gasteiger partial charge in [-0.3, -0.25) is 0 Å². The van der Waals surface area contributed by atoms with Gasteiger partial charge in [-0.1, -0.05) is 30.3 Å². The standard InChI is InChI=1S/C24H16N3O.CHF3O3S/c1-27-16-17(12-18-6-2-4-8-23(18)27)10-11-20-13-22(19(14-25)15-26)21-7-3-5-9-24(21)28-20;2-1(3,4)8(5,6)7/h2-13,16H,1H3;(H,5,6,7)/q+1;/p-1/b11-10+;. The molecular formula is C25H16F3N3O4S. The number of alkyl halides is 3. The second kappa shape index (κ2) is 10.4. The second-order valence-corrected chi connectivity index (χ2v) is 8.70. The molecule has 7 nitrogen and oxygen atoms in total. The average Bonchev–Trinajstić information content (AvgIpc) is 2.83. The first-order chi connectivity index (χ1) is 16.9. The Kier molecular flexibility index (Phi) is 7.59. The Balaban J connectivity index is 0.000000392. The number of fused-ring (bicyclic) bond motifs is 2. The van der Waals surface area contributed by atoms with Crippen LogP contribution in [0, 0.1) is 22.7 Å². The number of para-hydroxylation sites is 2. The summed E-state index contributed by atoms with van der Waals surface area (Å²) in [7, 11) is -4.08. The molecule has 1 aromatic heterocycles. The molecule has 0 spiro atoms. The summed E-state index contributed by atoms with van der Waals surface area (Å²) in [5.41, 5.74) is -2.08. The summed E-state index contributed by atoms with van der Waals surface area (Å²) >= 11 is 0. The van der Waals surface area contributed by atoms with Gasteiger partial charge in [0.1, 0.15) is 36.3 Å². The Hall–Kier alpha value is -4.45. The van der Waals surface area contributed by atoms with Crippen molar-refractivity contribution in [3.8, 4) is 17.9 Å². The zero-order chi connectivity index (χ0) is 26.5. The summed E-state index contributed by atoms with van der Waals surface area (Å²) in [4.78, 5) is 0. The summed E-state index contributed by atoms with van der Waals surface area (Å²) in [5.74, 6) is 1.21. The van der Waals surface area contributed by atoms with E-state index in [1.807, 2.05) is 73.9 Å². The van der Waals surface area contributed by atoms with Crippen LogP contribution in [0.15, 0.2) is 84.3 Å². The first-order valence-electron chi connectivity index (χ1n) is 10.1. The first kappa shape index (κ1) is 26.2. The van der Waals surface area contributed by atoms with Crippen LogP contribution in [0.2, 0.25) is 0 Å². The predicted molar refractivity (Wildman–Crippen MR) is 123 cm³/mol. The lowest BCUT2D eigenvalue weighted by atomic mass is 9.97. The van der Waals surface area contributed by atoms with E-state index in [0.29, 0.717) is 17.1 Å². The largest absolute Gasteiger partial charge is 0.741 e. The monoisotopic (exact) mass is 511 g/mol. The van der Waals surface area contributed by atoms with E-state index >= 15 is 0 Å². The maximum atomic E-state index is 10.7. The molecule has 0 radical (unpaired) electrons. The van der Waals surface area contributed by atoms with Crippen LogP contribution in [0.3, 0.4) is 0 Å². The summed E-state index contributed by atoms with van der Waals surface area (Å²) in [6.45, 7) is 0. The van der Waals surface area contributed by atoms with E-state index in [9.17, 15) is 23.7 Å². The molecule has 0 fully saturated rings. The topological polar surface area (TPSA) is 118 Å². The number of nitriles is 2. The Morgan fingerprint density at radius 3 is 2.31 bits per heavy atom. The lowest BCUT2D eigenvalue weighted by Gasteiger charge is -2.18. The molecule has 2 heterocycles. The number of ether oxygens (including phenoxy) is 1. The maximum absolute atomic E-state index is 10.7. The van der Waals surface area contributed by atoms with Crippen LogP contribution in [0.25, 0.3) is 22.6 Å². The lowest BCUT2D eigenvalue weighted by Crippen LogP contribution is -2.28. The number of pyridine rings is 1. The molecule has 36 heavy (non-hydrogen) atoms. The number of hydrogen-bond donors (Lipinski definition) is 0. The molecule has 0 amide bonds. The van der Waals surface area contributed by atoms with Gasteiger partial charge in [-0.15, -0.1) is 0 Å². The Morgan fingerprint density at radius 1 is 1.06 bits per heavy atom. The van der Waals surface area contributed by atoms with Gasteiger partial charge >= 0.3 is 5.51 Å². The van der Waals surface area contributed by atoms with Crippen molar-refractivity contribution >= 4 is 32.7 Å². The third kappa shape index (κ3) is 5.96. The van der Waals surface area contributed by atoms with Gasteiger partial charge in [0.05, 0.1) is 0 Å².